The molecule has 0 saturated carbocycles. The summed E-state index contributed by atoms with van der Waals surface area (Å²) in [4.78, 5) is 15.4. The molecule has 0 radical (unpaired) electrons. The molecule has 0 fully saturated rings. The van der Waals surface area contributed by atoms with Crippen LogP contribution < -0.4 is 0 Å². The predicted molar refractivity (Wildman–Crippen MR) is 195 cm³/mol. The van der Waals surface area contributed by atoms with Gasteiger partial charge in [0.1, 0.15) is 11.2 Å². The molecule has 5 heteroatoms. The van der Waals surface area contributed by atoms with E-state index in [1.807, 2.05) is 78.9 Å². The summed E-state index contributed by atoms with van der Waals surface area (Å²) >= 11 is 0. The van der Waals surface area contributed by atoms with Crippen molar-refractivity contribution in [2.45, 2.75) is 0 Å². The highest BCUT2D eigenvalue weighted by molar-refractivity contribution is 6.25. The van der Waals surface area contributed by atoms with Crippen LogP contribution in [0, 0.1) is 0 Å². The average Bonchev–Trinajstić information content (AvgIpc) is 3.72. The molecule has 0 aliphatic heterocycles. The van der Waals surface area contributed by atoms with Crippen molar-refractivity contribution in [1.29, 1.82) is 0 Å². The largest absolute Gasteiger partial charge is 0.456 e. The SMILES string of the molecule is c1ccc(-c2nc(-c3ccccc3)nc(-n3c4ccc5ccccc5c4c4cccc(-c5cccc6oc7ccccc7c56)c43)n2)cc1. The summed E-state index contributed by atoms with van der Waals surface area (Å²) in [7, 11) is 0. The van der Waals surface area contributed by atoms with Crippen LogP contribution in [0.1, 0.15) is 0 Å². The molecule has 3 heterocycles. The van der Waals surface area contributed by atoms with Gasteiger partial charge in [0.15, 0.2) is 11.6 Å². The van der Waals surface area contributed by atoms with Crippen LogP contribution in [0.4, 0.5) is 0 Å². The van der Waals surface area contributed by atoms with Gasteiger partial charge in [0.25, 0.3) is 0 Å². The molecule has 10 aromatic rings. The number of rotatable bonds is 4. The molecule has 10 rings (SSSR count). The van der Waals surface area contributed by atoms with Crippen LogP contribution in [0.2, 0.25) is 0 Å². The van der Waals surface area contributed by atoms with Gasteiger partial charge in [0.2, 0.25) is 5.95 Å². The van der Waals surface area contributed by atoms with E-state index in [2.05, 4.69) is 83.4 Å². The molecule has 3 aromatic heterocycles. The minimum absolute atomic E-state index is 0.565. The van der Waals surface area contributed by atoms with Gasteiger partial charge in [-0.05, 0) is 34.5 Å². The fourth-order valence-electron chi connectivity index (χ4n) is 7.16. The lowest BCUT2D eigenvalue weighted by molar-refractivity contribution is 0.669. The predicted octanol–water partition coefficient (Wildman–Crippen LogP) is 11.0. The highest BCUT2D eigenvalue weighted by Crippen LogP contribution is 2.44. The number of furan rings is 1. The van der Waals surface area contributed by atoms with Gasteiger partial charge < -0.3 is 4.42 Å². The van der Waals surface area contributed by atoms with Crippen molar-refractivity contribution >= 4 is 54.5 Å². The summed E-state index contributed by atoms with van der Waals surface area (Å²) in [5.74, 6) is 1.81. The molecule has 7 aromatic carbocycles. The second kappa shape index (κ2) is 10.5. The van der Waals surface area contributed by atoms with E-state index in [-0.39, 0.29) is 0 Å². The quantitative estimate of drug-likeness (QED) is 0.198. The first-order chi connectivity index (χ1) is 23.8. The molecular weight excluding hydrogens is 589 g/mol. The van der Waals surface area contributed by atoms with Crippen molar-refractivity contribution in [3.8, 4) is 39.9 Å². The van der Waals surface area contributed by atoms with E-state index in [0.717, 1.165) is 66.0 Å². The fraction of sp³-hybridized carbons (Fsp3) is 0. The Morgan fingerprint density at radius 3 is 1.79 bits per heavy atom. The lowest BCUT2D eigenvalue weighted by atomic mass is 9.96. The summed E-state index contributed by atoms with van der Waals surface area (Å²) in [6.45, 7) is 0. The van der Waals surface area contributed by atoms with Crippen LogP contribution in [0.25, 0.3) is 94.4 Å². The zero-order valence-electron chi connectivity index (χ0n) is 25.7. The molecular formula is C43H26N4O. The van der Waals surface area contributed by atoms with E-state index in [4.69, 9.17) is 19.4 Å². The highest BCUT2D eigenvalue weighted by Gasteiger charge is 2.23. The summed E-state index contributed by atoms with van der Waals surface area (Å²) in [5, 5.41) is 6.84. The number of hydrogen-bond acceptors (Lipinski definition) is 4. The van der Waals surface area contributed by atoms with E-state index in [9.17, 15) is 0 Å². The van der Waals surface area contributed by atoms with Crippen molar-refractivity contribution < 1.29 is 4.42 Å². The Bertz CT molecular complexity index is 2780. The van der Waals surface area contributed by atoms with E-state index in [1.165, 1.54) is 10.8 Å². The van der Waals surface area contributed by atoms with Crippen molar-refractivity contribution in [2.75, 3.05) is 0 Å². The monoisotopic (exact) mass is 614 g/mol. The Morgan fingerprint density at radius 2 is 1.02 bits per heavy atom. The van der Waals surface area contributed by atoms with Crippen LogP contribution in [-0.4, -0.2) is 19.5 Å². The molecule has 0 unspecified atom stereocenters. The number of benzene rings is 7. The molecule has 0 N–H and O–H groups in total. The summed E-state index contributed by atoms with van der Waals surface area (Å²) in [6.07, 6.45) is 0. The number of aromatic nitrogens is 4. The second-order valence-corrected chi connectivity index (χ2v) is 12.0. The third kappa shape index (κ3) is 4.01. The van der Waals surface area contributed by atoms with E-state index in [1.54, 1.807) is 0 Å². The first-order valence-electron chi connectivity index (χ1n) is 16.0. The number of hydrogen-bond donors (Lipinski definition) is 0. The van der Waals surface area contributed by atoms with Crippen molar-refractivity contribution in [3.63, 3.8) is 0 Å². The van der Waals surface area contributed by atoms with Crippen molar-refractivity contribution in [2.24, 2.45) is 0 Å². The second-order valence-electron chi connectivity index (χ2n) is 12.0. The zero-order chi connectivity index (χ0) is 31.6. The Kier molecular flexibility index (Phi) is 5.81. The van der Waals surface area contributed by atoms with Gasteiger partial charge in [-0.15, -0.1) is 0 Å². The maximum Gasteiger partial charge on any atom is 0.238 e. The van der Waals surface area contributed by atoms with Gasteiger partial charge >= 0.3 is 0 Å². The molecule has 0 aliphatic carbocycles. The molecule has 0 atom stereocenters. The third-order valence-electron chi connectivity index (χ3n) is 9.26. The standard InChI is InChI=1S/C43H26N4O/c1-3-14-28(15-4-1)41-44-42(29-16-5-2-6-17-29)46-43(45-41)47-35-26-25-27-13-7-8-18-30(27)38(35)34-22-11-21-32(40(34)47)31-20-12-24-37-39(31)33-19-9-10-23-36(33)48-37/h1-26H. The topological polar surface area (TPSA) is 56.7 Å². The minimum Gasteiger partial charge on any atom is -0.456 e. The maximum atomic E-state index is 6.35. The fourth-order valence-corrected chi connectivity index (χ4v) is 7.16. The van der Waals surface area contributed by atoms with E-state index >= 15 is 0 Å². The van der Waals surface area contributed by atoms with Gasteiger partial charge in [-0.25, -0.2) is 4.98 Å². The van der Waals surface area contributed by atoms with Crippen LogP contribution in [0.5, 0.6) is 0 Å². The number of fused-ring (bicyclic) bond motifs is 8. The van der Waals surface area contributed by atoms with Crippen LogP contribution in [0.15, 0.2) is 162 Å². The van der Waals surface area contributed by atoms with Crippen LogP contribution in [0.3, 0.4) is 0 Å². The molecule has 5 nitrogen and oxygen atoms in total. The number of nitrogens with zero attached hydrogens (tertiary/aromatic N) is 4. The maximum absolute atomic E-state index is 6.35. The molecule has 48 heavy (non-hydrogen) atoms. The minimum atomic E-state index is 0.565. The Balaban J connectivity index is 1.38. The van der Waals surface area contributed by atoms with Crippen molar-refractivity contribution in [1.82, 2.24) is 19.5 Å². The smallest absolute Gasteiger partial charge is 0.238 e. The molecule has 0 aliphatic rings. The van der Waals surface area contributed by atoms with Crippen molar-refractivity contribution in [3.05, 3.63) is 158 Å². The summed E-state index contributed by atoms with van der Waals surface area (Å²) in [6, 6.07) is 54.4. The third-order valence-corrected chi connectivity index (χ3v) is 9.26. The average molecular weight is 615 g/mol. The Hall–Kier alpha value is -6.59. The van der Waals surface area contributed by atoms with Gasteiger partial charge in [0.05, 0.1) is 11.0 Å². The van der Waals surface area contributed by atoms with Gasteiger partial charge in [0, 0.05) is 38.2 Å². The zero-order valence-corrected chi connectivity index (χ0v) is 25.7. The molecule has 0 spiro atoms. The van der Waals surface area contributed by atoms with Gasteiger partial charge in [-0.3, -0.25) is 4.57 Å². The molecule has 0 saturated heterocycles. The first-order valence-corrected chi connectivity index (χ1v) is 16.0. The lowest BCUT2D eigenvalue weighted by Gasteiger charge is -2.13. The van der Waals surface area contributed by atoms with E-state index in [0.29, 0.717) is 17.6 Å². The lowest BCUT2D eigenvalue weighted by Crippen LogP contribution is -2.07. The van der Waals surface area contributed by atoms with Crippen LogP contribution in [-0.2, 0) is 0 Å². The normalized spacial score (nSPS) is 11.8. The Labute approximate surface area is 275 Å². The molecule has 224 valence electrons. The Morgan fingerprint density at radius 1 is 0.417 bits per heavy atom. The number of para-hydroxylation sites is 2. The van der Waals surface area contributed by atoms with Crippen LogP contribution >= 0.6 is 0 Å². The summed E-state index contributed by atoms with van der Waals surface area (Å²) < 4.78 is 8.58. The summed E-state index contributed by atoms with van der Waals surface area (Å²) in [5.41, 5.74) is 7.83. The molecule has 0 amide bonds. The van der Waals surface area contributed by atoms with Gasteiger partial charge in [-0.2, -0.15) is 9.97 Å². The van der Waals surface area contributed by atoms with Gasteiger partial charge in [-0.1, -0.05) is 140 Å². The molecule has 0 bridgehead atoms. The first kappa shape index (κ1) is 26.6. The highest BCUT2D eigenvalue weighted by atomic mass is 16.3. The van der Waals surface area contributed by atoms with E-state index < -0.39 is 0 Å².